The van der Waals surface area contributed by atoms with Gasteiger partial charge in [0.1, 0.15) is 10.6 Å². The summed E-state index contributed by atoms with van der Waals surface area (Å²) in [6, 6.07) is 4.27. The molecule has 0 bridgehead atoms. The Morgan fingerprint density at radius 2 is 2.17 bits per heavy atom. The molecule has 0 saturated carbocycles. The van der Waals surface area contributed by atoms with Gasteiger partial charge in [0.15, 0.2) is 5.43 Å². The Balaban J connectivity index is 2.62. The monoisotopic (exact) mass is 281 g/mol. The maximum atomic E-state index is 13.5. The number of nitrogens with zero attached hydrogens (tertiary/aromatic N) is 1. The van der Waals surface area contributed by atoms with Crippen molar-refractivity contribution in [3.63, 3.8) is 0 Å². The van der Waals surface area contributed by atoms with Crippen LogP contribution in [-0.4, -0.2) is 4.40 Å². The van der Waals surface area contributed by atoms with Crippen molar-refractivity contribution in [2.75, 3.05) is 0 Å². The zero-order valence-corrected chi connectivity index (χ0v) is 11.1. The Bertz CT molecular complexity index is 821. The molecule has 3 aromatic rings. The van der Waals surface area contributed by atoms with Gasteiger partial charge in [0.2, 0.25) is 0 Å². The fourth-order valence-corrected chi connectivity index (χ4v) is 3.28. The average molecular weight is 282 g/mol. The molecule has 0 radical (unpaired) electrons. The largest absolute Gasteiger partial charge is 0.304 e. The fourth-order valence-electron chi connectivity index (χ4n) is 2.10. The zero-order valence-electron chi connectivity index (χ0n) is 9.54. The summed E-state index contributed by atoms with van der Waals surface area (Å²) in [6.07, 6.45) is 0.840. The van der Waals surface area contributed by atoms with Gasteiger partial charge in [-0.05, 0) is 18.6 Å². The summed E-state index contributed by atoms with van der Waals surface area (Å²) < 4.78 is 15.4. The van der Waals surface area contributed by atoms with Crippen LogP contribution in [0.2, 0.25) is 5.02 Å². The SMILES string of the molecule is CCc1csc2cc(=O)c3cc(F)c(Cl)cc3n12. The molecule has 1 aromatic carbocycles. The second-order valence-corrected chi connectivity index (χ2v) is 5.34. The summed E-state index contributed by atoms with van der Waals surface area (Å²) in [5.41, 5.74) is 1.58. The Morgan fingerprint density at radius 3 is 2.89 bits per heavy atom. The number of halogens is 2. The smallest absolute Gasteiger partial charge is 0.190 e. The van der Waals surface area contributed by atoms with E-state index in [2.05, 4.69) is 0 Å². The van der Waals surface area contributed by atoms with Gasteiger partial charge in [-0.15, -0.1) is 11.3 Å². The van der Waals surface area contributed by atoms with Crippen LogP contribution in [0.25, 0.3) is 15.7 Å². The van der Waals surface area contributed by atoms with Crippen LogP contribution in [0.4, 0.5) is 4.39 Å². The number of thiazole rings is 1. The van der Waals surface area contributed by atoms with Gasteiger partial charge in [0.25, 0.3) is 0 Å². The normalized spacial score (nSPS) is 11.5. The van der Waals surface area contributed by atoms with Crippen molar-refractivity contribution < 1.29 is 4.39 Å². The molecule has 2 aromatic heterocycles. The summed E-state index contributed by atoms with van der Waals surface area (Å²) >= 11 is 7.32. The third-order valence-corrected chi connectivity index (χ3v) is 4.21. The minimum atomic E-state index is -0.561. The van der Waals surface area contributed by atoms with Crippen LogP contribution in [-0.2, 0) is 6.42 Å². The van der Waals surface area contributed by atoms with Gasteiger partial charge in [0, 0.05) is 22.5 Å². The minimum Gasteiger partial charge on any atom is -0.304 e. The quantitative estimate of drug-likeness (QED) is 0.663. The van der Waals surface area contributed by atoms with Crippen LogP contribution in [0.15, 0.2) is 28.4 Å². The lowest BCUT2D eigenvalue weighted by Gasteiger charge is -2.06. The number of hydrogen-bond acceptors (Lipinski definition) is 2. The van der Waals surface area contributed by atoms with Crippen LogP contribution >= 0.6 is 22.9 Å². The first-order chi connectivity index (χ1) is 8.61. The highest BCUT2D eigenvalue weighted by Crippen LogP contribution is 2.25. The van der Waals surface area contributed by atoms with E-state index in [0.717, 1.165) is 16.9 Å². The number of fused-ring (bicyclic) bond motifs is 3. The summed E-state index contributed by atoms with van der Waals surface area (Å²) in [7, 11) is 0. The third kappa shape index (κ3) is 1.56. The molecule has 18 heavy (non-hydrogen) atoms. The first-order valence-corrected chi connectivity index (χ1v) is 6.78. The Labute approximate surface area is 111 Å². The molecular weight excluding hydrogens is 273 g/mol. The third-order valence-electron chi connectivity index (χ3n) is 2.99. The number of hydrogen-bond donors (Lipinski definition) is 0. The van der Waals surface area contributed by atoms with Crippen molar-refractivity contribution in [3.8, 4) is 0 Å². The van der Waals surface area contributed by atoms with E-state index in [4.69, 9.17) is 11.6 Å². The predicted molar refractivity (Wildman–Crippen MR) is 73.4 cm³/mol. The van der Waals surface area contributed by atoms with Crippen molar-refractivity contribution in [2.24, 2.45) is 0 Å². The summed E-state index contributed by atoms with van der Waals surface area (Å²) in [4.78, 5) is 12.8. The van der Waals surface area contributed by atoms with E-state index in [1.807, 2.05) is 16.7 Å². The molecule has 2 heterocycles. The molecule has 0 unspecified atom stereocenters. The molecular formula is C13H9ClFNOS. The molecule has 2 nitrogen and oxygen atoms in total. The maximum Gasteiger partial charge on any atom is 0.190 e. The van der Waals surface area contributed by atoms with Gasteiger partial charge >= 0.3 is 0 Å². The Morgan fingerprint density at radius 1 is 1.39 bits per heavy atom. The lowest BCUT2D eigenvalue weighted by molar-refractivity contribution is 0.630. The van der Waals surface area contributed by atoms with Crippen LogP contribution < -0.4 is 5.43 Å². The van der Waals surface area contributed by atoms with Crippen LogP contribution in [0.1, 0.15) is 12.6 Å². The van der Waals surface area contributed by atoms with Crippen molar-refractivity contribution in [1.82, 2.24) is 4.40 Å². The Kier molecular flexibility index (Phi) is 2.64. The molecule has 0 amide bonds. The number of aromatic nitrogens is 1. The van der Waals surface area contributed by atoms with Gasteiger partial charge < -0.3 is 4.40 Å². The summed E-state index contributed by atoms with van der Waals surface area (Å²) in [5.74, 6) is -0.561. The maximum absolute atomic E-state index is 13.5. The molecule has 0 N–H and O–H groups in total. The first kappa shape index (κ1) is 11.7. The van der Waals surface area contributed by atoms with E-state index >= 15 is 0 Å². The fraction of sp³-hybridized carbons (Fsp3) is 0.154. The molecule has 92 valence electrons. The van der Waals surface area contributed by atoms with Crippen molar-refractivity contribution in [3.05, 3.63) is 50.3 Å². The zero-order chi connectivity index (χ0) is 12.9. The second-order valence-electron chi connectivity index (χ2n) is 4.05. The van der Waals surface area contributed by atoms with Gasteiger partial charge in [-0.3, -0.25) is 4.79 Å². The topological polar surface area (TPSA) is 21.5 Å². The molecule has 0 atom stereocenters. The molecule has 3 rings (SSSR count). The molecule has 0 aliphatic carbocycles. The molecule has 0 fully saturated rings. The second kappa shape index (κ2) is 4.07. The van der Waals surface area contributed by atoms with Crippen LogP contribution in [0.5, 0.6) is 0 Å². The van der Waals surface area contributed by atoms with E-state index in [9.17, 15) is 9.18 Å². The predicted octanol–water partition coefficient (Wildman–Crippen LogP) is 3.87. The lowest BCUT2D eigenvalue weighted by Crippen LogP contribution is -2.05. The standard InChI is InChI=1S/C13H9ClFNOS/c1-2-7-6-18-13-5-12(17)8-3-10(15)9(14)4-11(8)16(7)13/h3-6H,2H2,1H3. The molecule has 5 heteroatoms. The van der Waals surface area contributed by atoms with Gasteiger partial charge in [-0.2, -0.15) is 0 Å². The highest BCUT2D eigenvalue weighted by Gasteiger charge is 2.11. The van der Waals surface area contributed by atoms with Crippen molar-refractivity contribution >= 4 is 38.7 Å². The van der Waals surface area contributed by atoms with E-state index in [-0.39, 0.29) is 10.5 Å². The van der Waals surface area contributed by atoms with Crippen LogP contribution in [0, 0.1) is 5.82 Å². The highest BCUT2D eigenvalue weighted by atomic mass is 35.5. The number of pyridine rings is 1. The lowest BCUT2D eigenvalue weighted by atomic mass is 10.2. The van der Waals surface area contributed by atoms with E-state index in [1.165, 1.54) is 23.5 Å². The van der Waals surface area contributed by atoms with E-state index in [1.54, 1.807) is 6.07 Å². The van der Waals surface area contributed by atoms with Crippen molar-refractivity contribution in [2.45, 2.75) is 13.3 Å². The molecule has 0 saturated heterocycles. The van der Waals surface area contributed by atoms with E-state index in [0.29, 0.717) is 10.9 Å². The minimum absolute atomic E-state index is 0.0372. The van der Waals surface area contributed by atoms with Crippen LogP contribution in [0.3, 0.4) is 0 Å². The number of benzene rings is 1. The molecule has 0 aliphatic heterocycles. The first-order valence-electron chi connectivity index (χ1n) is 5.52. The van der Waals surface area contributed by atoms with Gasteiger partial charge in [-0.1, -0.05) is 18.5 Å². The number of aryl methyl sites for hydroxylation is 1. The average Bonchev–Trinajstić information content (AvgIpc) is 2.74. The van der Waals surface area contributed by atoms with Gasteiger partial charge in [0.05, 0.1) is 10.5 Å². The van der Waals surface area contributed by atoms with E-state index < -0.39 is 5.82 Å². The summed E-state index contributed by atoms with van der Waals surface area (Å²) in [6.45, 7) is 2.04. The van der Waals surface area contributed by atoms with Gasteiger partial charge in [-0.25, -0.2) is 4.39 Å². The molecule has 0 spiro atoms. The molecule has 0 aliphatic rings. The number of rotatable bonds is 1. The highest BCUT2D eigenvalue weighted by molar-refractivity contribution is 7.15. The van der Waals surface area contributed by atoms with Crippen molar-refractivity contribution in [1.29, 1.82) is 0 Å². The summed E-state index contributed by atoms with van der Waals surface area (Å²) in [5, 5.41) is 2.41. The Hall–Kier alpha value is -1.39.